The van der Waals surface area contributed by atoms with Gasteiger partial charge in [0.05, 0.1) is 0 Å². The van der Waals surface area contributed by atoms with E-state index in [2.05, 4.69) is 57.3 Å². The Kier molecular flexibility index (Phi) is 9.58. The Morgan fingerprint density at radius 2 is 1.55 bits per heavy atom. The highest BCUT2D eigenvalue weighted by Crippen LogP contribution is 2.16. The Morgan fingerprint density at radius 3 is 2.14 bits per heavy atom. The number of thiocarbonyl (C=S) groups is 1. The van der Waals surface area contributed by atoms with Crippen molar-refractivity contribution in [2.75, 3.05) is 6.54 Å². The van der Waals surface area contributed by atoms with Crippen molar-refractivity contribution in [2.45, 2.75) is 78.2 Å². The lowest BCUT2D eigenvalue weighted by atomic mass is 9.99. The van der Waals surface area contributed by atoms with Crippen molar-refractivity contribution >= 4 is 17.1 Å². The van der Waals surface area contributed by atoms with Gasteiger partial charge in [-0.1, -0.05) is 89.4 Å². The van der Waals surface area contributed by atoms with E-state index in [1.165, 1.54) is 49.7 Å². The molecule has 22 heavy (non-hydrogen) atoms. The van der Waals surface area contributed by atoms with Gasteiger partial charge >= 0.3 is 0 Å². The molecule has 1 N–H and O–H groups in total. The molecule has 0 amide bonds. The molecule has 0 aliphatic rings. The number of benzene rings is 1. The molecule has 0 saturated carbocycles. The van der Waals surface area contributed by atoms with Crippen LogP contribution in [0.5, 0.6) is 0 Å². The second-order valence-corrected chi connectivity index (χ2v) is 7.02. The van der Waals surface area contributed by atoms with Crippen molar-refractivity contribution in [3.63, 3.8) is 0 Å². The molecule has 0 spiro atoms. The van der Waals surface area contributed by atoms with E-state index in [4.69, 9.17) is 12.2 Å². The van der Waals surface area contributed by atoms with E-state index >= 15 is 0 Å². The molecule has 0 bridgehead atoms. The minimum absolute atomic E-state index is 0.274. The van der Waals surface area contributed by atoms with Gasteiger partial charge in [-0.2, -0.15) is 0 Å². The molecule has 0 aliphatic heterocycles. The van der Waals surface area contributed by atoms with Crippen molar-refractivity contribution < 1.29 is 0 Å². The molecule has 124 valence electrons. The zero-order chi connectivity index (χ0) is 16.4. The molecular weight excluding hydrogens is 286 g/mol. The lowest BCUT2D eigenvalue weighted by Gasteiger charge is -2.16. The first kappa shape index (κ1) is 19.3. The second kappa shape index (κ2) is 10.9. The topological polar surface area (TPSA) is 12.0 Å². The van der Waals surface area contributed by atoms with E-state index in [0.717, 1.165) is 11.4 Å². The van der Waals surface area contributed by atoms with Gasteiger partial charge in [-0.05, 0) is 36.9 Å². The molecule has 0 radical (unpaired) electrons. The molecule has 1 nitrogen and oxygen atoms in total. The zero-order valence-corrected chi connectivity index (χ0v) is 15.6. The highest BCUT2D eigenvalue weighted by atomic mass is 32.1. The van der Waals surface area contributed by atoms with Gasteiger partial charge in [-0.3, -0.25) is 0 Å². The summed E-state index contributed by atoms with van der Waals surface area (Å²) in [5, 5.41) is 3.57. The number of hydrogen-bond acceptors (Lipinski definition) is 2. The number of hydrogen-bond donors (Lipinski definition) is 1. The van der Waals surface area contributed by atoms with E-state index in [0.29, 0.717) is 5.92 Å². The Morgan fingerprint density at radius 1 is 0.955 bits per heavy atom. The Hall–Kier alpha value is -0.730. The van der Waals surface area contributed by atoms with Crippen LogP contribution in [-0.2, 0) is 0 Å². The van der Waals surface area contributed by atoms with Crippen LogP contribution in [-0.4, -0.2) is 17.5 Å². The monoisotopic (exact) mass is 319 g/mol. The van der Waals surface area contributed by atoms with E-state index < -0.39 is 0 Å². The first-order valence-corrected chi connectivity index (χ1v) is 9.34. The van der Waals surface area contributed by atoms with Crippen LogP contribution in [0.2, 0.25) is 0 Å². The summed E-state index contributed by atoms with van der Waals surface area (Å²) in [6.45, 7) is 9.95. The second-order valence-electron chi connectivity index (χ2n) is 6.58. The number of nitrogens with one attached hydrogen (secondary N) is 1. The third-order valence-electron chi connectivity index (χ3n) is 4.24. The van der Waals surface area contributed by atoms with Crippen molar-refractivity contribution in [1.29, 1.82) is 0 Å². The normalized spacial score (nSPS) is 12.6. The molecule has 0 heterocycles. The van der Waals surface area contributed by atoms with E-state index in [1.807, 2.05) is 0 Å². The van der Waals surface area contributed by atoms with Gasteiger partial charge < -0.3 is 5.32 Å². The van der Waals surface area contributed by atoms with E-state index in [1.54, 1.807) is 0 Å². The fourth-order valence-corrected chi connectivity index (χ4v) is 2.82. The summed E-state index contributed by atoms with van der Waals surface area (Å²) >= 11 is 5.62. The van der Waals surface area contributed by atoms with Crippen LogP contribution in [0.15, 0.2) is 24.3 Å². The minimum Gasteiger partial charge on any atom is -0.309 e. The average Bonchev–Trinajstić information content (AvgIpc) is 2.53. The van der Waals surface area contributed by atoms with Crippen molar-refractivity contribution in [1.82, 2.24) is 5.32 Å². The average molecular weight is 320 g/mol. The molecule has 1 atom stereocenters. The largest absolute Gasteiger partial charge is 0.309 e. The molecular formula is C20H33NS. The molecule has 1 aromatic rings. The maximum Gasteiger partial charge on any atom is 0.0400 e. The summed E-state index contributed by atoms with van der Waals surface area (Å²) in [5.41, 5.74) is 2.56. The highest BCUT2D eigenvalue weighted by molar-refractivity contribution is 7.81. The summed E-state index contributed by atoms with van der Waals surface area (Å²) in [6, 6.07) is 9.01. The molecule has 2 heteroatoms. The highest BCUT2D eigenvalue weighted by Gasteiger charge is 2.10. The summed E-state index contributed by atoms with van der Waals surface area (Å²) in [5.74, 6) is 0.575. The molecule has 1 aromatic carbocycles. The Balaban J connectivity index is 2.29. The maximum atomic E-state index is 5.62. The van der Waals surface area contributed by atoms with Crippen LogP contribution < -0.4 is 5.32 Å². The van der Waals surface area contributed by atoms with E-state index in [-0.39, 0.29) is 6.04 Å². The van der Waals surface area contributed by atoms with Crippen molar-refractivity contribution in [3.8, 4) is 0 Å². The van der Waals surface area contributed by atoms with Crippen molar-refractivity contribution in [3.05, 3.63) is 35.4 Å². The van der Waals surface area contributed by atoms with Crippen LogP contribution in [0.1, 0.15) is 83.3 Å². The van der Waals surface area contributed by atoms with Gasteiger partial charge in [0, 0.05) is 10.9 Å². The first-order chi connectivity index (χ1) is 10.6. The minimum atomic E-state index is 0.274. The first-order valence-electron chi connectivity index (χ1n) is 8.93. The van der Waals surface area contributed by atoms with Gasteiger partial charge in [-0.25, -0.2) is 0 Å². The number of rotatable bonds is 11. The molecule has 1 unspecified atom stereocenters. The lowest BCUT2D eigenvalue weighted by Crippen LogP contribution is -2.34. The van der Waals surface area contributed by atoms with Crippen LogP contribution in [0.4, 0.5) is 0 Å². The van der Waals surface area contributed by atoms with Crippen molar-refractivity contribution in [2.24, 2.45) is 0 Å². The SMILES string of the molecule is CCCCCCCCNC(C)C(=S)c1ccc(C(C)C)cc1. The summed E-state index contributed by atoms with van der Waals surface area (Å²) in [7, 11) is 0. The molecule has 0 aromatic heterocycles. The van der Waals surface area contributed by atoms with Gasteiger partial charge in [0.25, 0.3) is 0 Å². The molecule has 0 saturated heterocycles. The Labute approximate surface area is 142 Å². The molecule has 1 rings (SSSR count). The fraction of sp³-hybridized carbons (Fsp3) is 0.650. The maximum absolute atomic E-state index is 5.62. The summed E-state index contributed by atoms with van der Waals surface area (Å²) < 4.78 is 0. The third-order valence-corrected chi connectivity index (χ3v) is 4.83. The summed E-state index contributed by atoms with van der Waals surface area (Å²) in [6.07, 6.45) is 8.02. The zero-order valence-electron chi connectivity index (χ0n) is 14.8. The Bertz CT molecular complexity index is 422. The fourth-order valence-electron chi connectivity index (χ4n) is 2.60. The van der Waals surface area contributed by atoms with Gasteiger partial charge in [0.1, 0.15) is 0 Å². The molecule has 0 aliphatic carbocycles. The van der Waals surface area contributed by atoms with Gasteiger partial charge in [0.2, 0.25) is 0 Å². The van der Waals surface area contributed by atoms with E-state index in [9.17, 15) is 0 Å². The van der Waals surface area contributed by atoms with Gasteiger partial charge in [0.15, 0.2) is 0 Å². The quantitative estimate of drug-likeness (QED) is 0.311. The predicted molar refractivity (Wildman–Crippen MR) is 103 cm³/mol. The predicted octanol–water partition coefficient (Wildman–Crippen LogP) is 5.87. The number of unbranched alkanes of at least 4 members (excludes halogenated alkanes) is 5. The lowest BCUT2D eigenvalue weighted by molar-refractivity contribution is 0.564. The van der Waals surface area contributed by atoms with Crippen LogP contribution >= 0.6 is 12.2 Å². The molecule has 0 fully saturated rings. The smallest absolute Gasteiger partial charge is 0.0400 e. The van der Waals surface area contributed by atoms with Crippen LogP contribution in [0.3, 0.4) is 0 Å². The van der Waals surface area contributed by atoms with Crippen LogP contribution in [0.25, 0.3) is 0 Å². The van der Waals surface area contributed by atoms with Gasteiger partial charge in [-0.15, -0.1) is 0 Å². The standard InChI is InChI=1S/C20H33NS/c1-5-6-7-8-9-10-15-21-17(4)20(22)19-13-11-18(12-14-19)16(2)3/h11-14,16-17,21H,5-10,15H2,1-4H3. The third kappa shape index (κ3) is 7.02. The summed E-state index contributed by atoms with van der Waals surface area (Å²) in [4.78, 5) is 1.03. The van der Waals surface area contributed by atoms with Crippen LogP contribution in [0, 0.1) is 0 Å².